The quantitative estimate of drug-likeness (QED) is 0.607. The number of hydrogen-bond donors (Lipinski definition) is 1. The average Bonchev–Trinajstić information content (AvgIpc) is 2.82. The van der Waals surface area contributed by atoms with Crippen LogP contribution in [0.5, 0.6) is 5.75 Å². The molecular formula is C28H33N3O3. The molecule has 1 aliphatic heterocycles. The van der Waals surface area contributed by atoms with E-state index in [1.807, 2.05) is 25.1 Å². The monoisotopic (exact) mass is 459 g/mol. The first-order valence-corrected chi connectivity index (χ1v) is 11.9. The highest BCUT2D eigenvalue weighted by molar-refractivity contribution is 6.04. The van der Waals surface area contributed by atoms with Crippen molar-refractivity contribution >= 4 is 11.6 Å². The lowest BCUT2D eigenvalue weighted by Gasteiger charge is -2.27. The molecular weight excluding hydrogens is 426 g/mol. The van der Waals surface area contributed by atoms with Gasteiger partial charge in [0.05, 0.1) is 25.1 Å². The van der Waals surface area contributed by atoms with Crippen LogP contribution in [-0.2, 0) is 17.7 Å². The normalized spacial score (nSPS) is 15.2. The molecule has 0 spiro atoms. The summed E-state index contributed by atoms with van der Waals surface area (Å²) in [5, 5.41) is 2.97. The summed E-state index contributed by atoms with van der Waals surface area (Å²) in [6.45, 7) is 9.80. The van der Waals surface area contributed by atoms with Crippen LogP contribution in [0, 0.1) is 6.92 Å². The Morgan fingerprint density at radius 3 is 2.74 bits per heavy atom. The van der Waals surface area contributed by atoms with Crippen molar-refractivity contribution in [3.8, 4) is 5.75 Å². The zero-order valence-electron chi connectivity index (χ0n) is 20.2. The van der Waals surface area contributed by atoms with Crippen molar-refractivity contribution < 1.29 is 14.3 Å². The van der Waals surface area contributed by atoms with E-state index >= 15 is 0 Å². The summed E-state index contributed by atoms with van der Waals surface area (Å²) in [6, 6.07) is 16.6. The molecule has 1 aromatic heterocycles. The van der Waals surface area contributed by atoms with Crippen LogP contribution in [0.1, 0.15) is 46.5 Å². The minimum absolute atomic E-state index is 0.164. The molecule has 4 rings (SSSR count). The zero-order chi connectivity index (χ0) is 23.9. The number of rotatable bonds is 3. The first-order valence-electron chi connectivity index (χ1n) is 11.9. The lowest BCUT2D eigenvalue weighted by atomic mass is 9.99. The van der Waals surface area contributed by atoms with Gasteiger partial charge in [0, 0.05) is 37.3 Å². The number of carbonyl (C=O) groups is 1. The van der Waals surface area contributed by atoms with Crippen LogP contribution in [-0.4, -0.2) is 48.2 Å². The summed E-state index contributed by atoms with van der Waals surface area (Å²) in [5.41, 5.74) is 5.71. The fourth-order valence-corrected chi connectivity index (χ4v) is 4.10. The van der Waals surface area contributed by atoms with Gasteiger partial charge in [-0.15, -0.1) is 0 Å². The molecule has 3 aromatic rings. The van der Waals surface area contributed by atoms with Gasteiger partial charge in [-0.05, 0) is 67.3 Å². The number of amides is 1. The van der Waals surface area contributed by atoms with E-state index in [9.17, 15) is 4.79 Å². The smallest absolute Gasteiger partial charge is 0.255 e. The summed E-state index contributed by atoms with van der Waals surface area (Å²) in [6.07, 6.45) is 4.06. The van der Waals surface area contributed by atoms with E-state index in [-0.39, 0.29) is 5.91 Å². The lowest BCUT2D eigenvalue weighted by molar-refractivity contribution is 0.0695. The summed E-state index contributed by atoms with van der Waals surface area (Å²) in [7, 11) is 0. The van der Waals surface area contributed by atoms with Crippen LogP contribution in [0.3, 0.4) is 0 Å². The fourth-order valence-electron chi connectivity index (χ4n) is 4.10. The first-order chi connectivity index (χ1) is 16.5. The minimum Gasteiger partial charge on any atom is -0.491 e. The second-order valence-electron chi connectivity index (χ2n) is 8.99. The number of ether oxygens (including phenoxy) is 2. The lowest BCUT2D eigenvalue weighted by Crippen LogP contribution is -2.33. The van der Waals surface area contributed by atoms with Crippen molar-refractivity contribution in [1.29, 1.82) is 0 Å². The van der Waals surface area contributed by atoms with Crippen LogP contribution in [0.25, 0.3) is 0 Å². The van der Waals surface area contributed by atoms with E-state index in [2.05, 4.69) is 53.3 Å². The molecule has 6 heteroatoms. The maximum Gasteiger partial charge on any atom is 0.255 e. The summed E-state index contributed by atoms with van der Waals surface area (Å²) in [5.74, 6) is 0.618. The second kappa shape index (κ2) is 11.3. The maximum absolute atomic E-state index is 13.0. The third-order valence-corrected chi connectivity index (χ3v) is 6.12. The standard InChI is InChI=1S/C28H33N3O3/c1-20(2)31-11-12-33-13-14-34-27-8-7-24(28(32)30-26-18-29-10-9-21(26)3)17-25(27)16-22-5-4-6-23(15-22)19-31/h4-10,15,17-18,20H,11-14,16,19H2,1-3H3,(H,30,32). The molecule has 0 fully saturated rings. The number of nitrogens with one attached hydrogen (secondary N) is 1. The highest BCUT2D eigenvalue weighted by Gasteiger charge is 2.15. The van der Waals surface area contributed by atoms with Crippen molar-refractivity contribution in [2.75, 3.05) is 31.7 Å². The van der Waals surface area contributed by atoms with Crippen molar-refractivity contribution in [2.24, 2.45) is 0 Å². The van der Waals surface area contributed by atoms with Crippen LogP contribution >= 0.6 is 0 Å². The van der Waals surface area contributed by atoms with Gasteiger partial charge in [-0.3, -0.25) is 14.7 Å². The van der Waals surface area contributed by atoms with Crippen molar-refractivity contribution in [2.45, 2.75) is 39.8 Å². The van der Waals surface area contributed by atoms with Gasteiger partial charge < -0.3 is 14.8 Å². The molecule has 34 heavy (non-hydrogen) atoms. The SMILES string of the molecule is Cc1ccncc1NC(=O)c1ccc2c(c1)Cc1cccc(c1)CN(C(C)C)CCOCCO2. The Kier molecular flexibility index (Phi) is 7.93. The molecule has 178 valence electrons. The van der Waals surface area contributed by atoms with E-state index in [1.54, 1.807) is 18.5 Å². The third-order valence-electron chi connectivity index (χ3n) is 6.12. The van der Waals surface area contributed by atoms with E-state index in [4.69, 9.17) is 9.47 Å². The fraction of sp³-hybridized carbons (Fsp3) is 0.357. The Labute approximate surface area is 201 Å². The van der Waals surface area contributed by atoms with Gasteiger partial charge in [0.15, 0.2) is 0 Å². The average molecular weight is 460 g/mol. The minimum atomic E-state index is -0.164. The number of anilines is 1. The molecule has 0 atom stereocenters. The maximum atomic E-state index is 13.0. The van der Waals surface area contributed by atoms with Gasteiger partial charge in [0.25, 0.3) is 5.91 Å². The topological polar surface area (TPSA) is 63.7 Å². The molecule has 2 aromatic carbocycles. The van der Waals surface area contributed by atoms with Crippen molar-refractivity contribution in [3.05, 3.63) is 88.7 Å². The van der Waals surface area contributed by atoms with Gasteiger partial charge in [0.1, 0.15) is 12.4 Å². The highest BCUT2D eigenvalue weighted by Crippen LogP contribution is 2.25. The predicted molar refractivity (Wildman–Crippen MR) is 134 cm³/mol. The van der Waals surface area contributed by atoms with Crippen molar-refractivity contribution in [1.82, 2.24) is 9.88 Å². The Bertz CT molecular complexity index is 1130. The molecule has 0 aliphatic carbocycles. The van der Waals surface area contributed by atoms with E-state index in [1.165, 1.54) is 11.1 Å². The number of aryl methyl sites for hydroxylation is 1. The Morgan fingerprint density at radius 1 is 1.06 bits per heavy atom. The number of benzene rings is 2. The number of hydrogen-bond acceptors (Lipinski definition) is 5. The van der Waals surface area contributed by atoms with E-state index in [0.717, 1.165) is 30.0 Å². The molecule has 1 amide bonds. The number of carbonyl (C=O) groups excluding carboxylic acids is 1. The Balaban J connectivity index is 1.61. The molecule has 1 aliphatic rings. The molecule has 6 nitrogen and oxygen atoms in total. The summed E-state index contributed by atoms with van der Waals surface area (Å²) >= 11 is 0. The van der Waals surface area contributed by atoms with E-state index < -0.39 is 0 Å². The number of pyridine rings is 1. The zero-order valence-corrected chi connectivity index (χ0v) is 20.2. The van der Waals surface area contributed by atoms with Crippen LogP contribution < -0.4 is 10.1 Å². The first kappa shape index (κ1) is 23.9. The number of aromatic nitrogens is 1. The van der Waals surface area contributed by atoms with Crippen LogP contribution in [0.4, 0.5) is 5.69 Å². The van der Waals surface area contributed by atoms with Crippen LogP contribution in [0.2, 0.25) is 0 Å². The molecule has 2 heterocycles. The molecule has 0 saturated carbocycles. The predicted octanol–water partition coefficient (Wildman–Crippen LogP) is 4.85. The van der Waals surface area contributed by atoms with Gasteiger partial charge in [-0.2, -0.15) is 0 Å². The van der Waals surface area contributed by atoms with Crippen molar-refractivity contribution in [3.63, 3.8) is 0 Å². The van der Waals surface area contributed by atoms with Gasteiger partial charge in [-0.1, -0.05) is 24.3 Å². The van der Waals surface area contributed by atoms with E-state index in [0.29, 0.717) is 43.5 Å². The number of nitrogens with zero attached hydrogens (tertiary/aromatic N) is 2. The molecule has 0 unspecified atom stereocenters. The largest absolute Gasteiger partial charge is 0.491 e. The van der Waals surface area contributed by atoms with Gasteiger partial charge in [0.2, 0.25) is 0 Å². The third kappa shape index (κ3) is 6.22. The highest BCUT2D eigenvalue weighted by atomic mass is 16.5. The number of fused-ring (bicyclic) bond motifs is 3. The molecule has 2 bridgehead atoms. The molecule has 0 saturated heterocycles. The second-order valence-corrected chi connectivity index (χ2v) is 8.99. The molecule has 1 N–H and O–H groups in total. The van der Waals surface area contributed by atoms with Gasteiger partial charge in [-0.25, -0.2) is 0 Å². The van der Waals surface area contributed by atoms with Crippen LogP contribution in [0.15, 0.2) is 60.9 Å². The Morgan fingerprint density at radius 2 is 1.91 bits per heavy atom. The molecule has 0 radical (unpaired) electrons. The summed E-state index contributed by atoms with van der Waals surface area (Å²) in [4.78, 5) is 19.5. The summed E-state index contributed by atoms with van der Waals surface area (Å²) < 4.78 is 11.9. The van der Waals surface area contributed by atoms with Gasteiger partial charge >= 0.3 is 0 Å². The Hall–Kier alpha value is -3.22.